The SMILES string of the molecule is O=C(OC1CCC(CN2C(=O)C=CC2=O)CC1)OC1CCC(CN2C(=O)C=CC2=O)CC1. The van der Waals surface area contributed by atoms with E-state index < -0.39 is 6.16 Å². The molecule has 0 aromatic rings. The largest absolute Gasteiger partial charge is 0.508 e. The van der Waals surface area contributed by atoms with Gasteiger partial charge in [-0.15, -0.1) is 0 Å². The third-order valence-corrected chi connectivity index (χ3v) is 6.80. The molecule has 32 heavy (non-hydrogen) atoms. The highest BCUT2D eigenvalue weighted by Crippen LogP contribution is 2.30. The predicted octanol–water partition coefficient (Wildman–Crippen LogP) is 2.11. The third-order valence-electron chi connectivity index (χ3n) is 6.80. The maximum atomic E-state index is 12.2. The lowest BCUT2D eigenvalue weighted by molar-refractivity contribution is -0.139. The molecule has 172 valence electrons. The zero-order valence-corrected chi connectivity index (χ0v) is 17.9. The van der Waals surface area contributed by atoms with Crippen LogP contribution < -0.4 is 0 Å². The van der Waals surface area contributed by atoms with Crippen LogP contribution in [0.2, 0.25) is 0 Å². The lowest BCUT2D eigenvalue weighted by Crippen LogP contribution is -2.38. The Labute approximate surface area is 186 Å². The maximum Gasteiger partial charge on any atom is 0.508 e. The molecule has 0 radical (unpaired) electrons. The molecule has 9 heteroatoms. The number of amides is 4. The van der Waals surface area contributed by atoms with E-state index in [1.165, 1.54) is 34.1 Å². The van der Waals surface area contributed by atoms with Crippen molar-refractivity contribution in [3.8, 4) is 0 Å². The number of carbonyl (C=O) groups is 5. The van der Waals surface area contributed by atoms with Gasteiger partial charge in [-0.3, -0.25) is 29.0 Å². The number of imide groups is 2. The molecule has 4 aliphatic rings. The normalized spacial score (nSPS) is 30.4. The number of carbonyl (C=O) groups excluding carboxylic acids is 5. The molecular weight excluding hydrogens is 416 g/mol. The Hall–Kier alpha value is -2.97. The van der Waals surface area contributed by atoms with Crippen LogP contribution in [0.25, 0.3) is 0 Å². The lowest BCUT2D eigenvalue weighted by atomic mass is 9.87. The number of hydrogen-bond acceptors (Lipinski definition) is 7. The molecule has 4 rings (SSSR count). The Morgan fingerprint density at radius 1 is 0.625 bits per heavy atom. The summed E-state index contributed by atoms with van der Waals surface area (Å²) in [5, 5.41) is 0. The first-order valence-electron chi connectivity index (χ1n) is 11.3. The molecule has 0 bridgehead atoms. The van der Waals surface area contributed by atoms with E-state index in [1.807, 2.05) is 0 Å². The number of nitrogens with zero attached hydrogens (tertiary/aromatic N) is 2. The Balaban J connectivity index is 1.12. The molecule has 0 spiro atoms. The first-order valence-corrected chi connectivity index (χ1v) is 11.3. The Kier molecular flexibility index (Phi) is 6.72. The van der Waals surface area contributed by atoms with Crippen molar-refractivity contribution in [2.75, 3.05) is 13.1 Å². The highest BCUT2D eigenvalue weighted by atomic mass is 16.7. The second-order valence-electron chi connectivity index (χ2n) is 9.01. The second-order valence-corrected chi connectivity index (χ2v) is 9.01. The minimum absolute atomic E-state index is 0.210. The summed E-state index contributed by atoms with van der Waals surface area (Å²) < 4.78 is 11.0. The van der Waals surface area contributed by atoms with E-state index in [-0.39, 0.29) is 47.7 Å². The fraction of sp³-hybridized carbons (Fsp3) is 0.609. The molecule has 0 N–H and O–H groups in total. The summed E-state index contributed by atoms with van der Waals surface area (Å²) in [6.45, 7) is 0.825. The van der Waals surface area contributed by atoms with Gasteiger partial charge in [0.15, 0.2) is 0 Å². The van der Waals surface area contributed by atoms with Gasteiger partial charge >= 0.3 is 6.16 Å². The molecule has 9 nitrogen and oxygen atoms in total. The highest BCUT2D eigenvalue weighted by molar-refractivity contribution is 6.13. The first-order chi connectivity index (χ1) is 15.4. The van der Waals surface area contributed by atoms with Crippen LogP contribution in [0.5, 0.6) is 0 Å². The fourth-order valence-electron chi connectivity index (χ4n) is 4.90. The summed E-state index contributed by atoms with van der Waals surface area (Å²) in [5.74, 6) is -0.607. The molecule has 2 aliphatic heterocycles. The van der Waals surface area contributed by atoms with Crippen LogP contribution in [0.1, 0.15) is 51.4 Å². The van der Waals surface area contributed by atoms with E-state index in [2.05, 4.69) is 0 Å². The molecule has 4 amide bonds. The van der Waals surface area contributed by atoms with E-state index in [4.69, 9.17) is 9.47 Å². The second kappa shape index (κ2) is 9.67. The topological polar surface area (TPSA) is 110 Å². The van der Waals surface area contributed by atoms with Crippen LogP contribution in [-0.4, -0.2) is 64.9 Å². The van der Waals surface area contributed by atoms with Crippen LogP contribution in [-0.2, 0) is 28.7 Å². The van der Waals surface area contributed by atoms with Gasteiger partial charge in [-0.25, -0.2) is 4.79 Å². The average Bonchev–Trinajstić information content (AvgIpc) is 3.26. The average molecular weight is 444 g/mol. The molecule has 2 saturated carbocycles. The summed E-state index contributed by atoms with van der Waals surface area (Å²) in [6.07, 6.45) is 9.96. The molecular formula is C23H28N2O7. The van der Waals surface area contributed by atoms with Crippen molar-refractivity contribution in [3.05, 3.63) is 24.3 Å². The van der Waals surface area contributed by atoms with E-state index in [1.54, 1.807) is 0 Å². The smallest absolute Gasteiger partial charge is 0.431 e. The Bertz CT molecular complexity index is 744. The predicted molar refractivity (Wildman–Crippen MR) is 111 cm³/mol. The van der Waals surface area contributed by atoms with Crippen LogP contribution in [0, 0.1) is 11.8 Å². The van der Waals surface area contributed by atoms with Crippen LogP contribution >= 0.6 is 0 Å². The summed E-state index contributed by atoms with van der Waals surface area (Å²) in [6, 6.07) is 0. The van der Waals surface area contributed by atoms with Gasteiger partial charge in [-0.1, -0.05) is 0 Å². The molecule has 2 aliphatic carbocycles. The van der Waals surface area contributed by atoms with Gasteiger partial charge in [0, 0.05) is 37.4 Å². The zero-order chi connectivity index (χ0) is 22.7. The zero-order valence-electron chi connectivity index (χ0n) is 17.9. The monoisotopic (exact) mass is 444 g/mol. The van der Waals surface area contributed by atoms with Crippen molar-refractivity contribution >= 4 is 29.8 Å². The molecule has 2 fully saturated rings. The standard InChI is InChI=1S/C23H28N2O7/c26-19-9-10-20(27)24(19)13-15-1-5-17(6-2-15)31-23(30)32-18-7-3-16(4-8-18)14-25-21(28)11-12-22(25)29/h9-12,15-18H,1-8,13-14H2. The first kappa shape index (κ1) is 22.2. The van der Waals surface area contributed by atoms with Crippen molar-refractivity contribution in [3.63, 3.8) is 0 Å². The summed E-state index contributed by atoms with van der Waals surface area (Å²) in [5.41, 5.74) is 0. The van der Waals surface area contributed by atoms with Gasteiger partial charge in [0.25, 0.3) is 23.6 Å². The third kappa shape index (κ3) is 5.26. The number of hydrogen-bond donors (Lipinski definition) is 0. The molecule has 2 heterocycles. The minimum atomic E-state index is -0.653. The molecule has 0 aromatic heterocycles. The maximum absolute atomic E-state index is 12.2. The summed E-state index contributed by atoms with van der Waals surface area (Å²) >= 11 is 0. The van der Waals surface area contributed by atoms with E-state index >= 15 is 0 Å². The molecule has 0 saturated heterocycles. The Morgan fingerprint density at radius 3 is 1.25 bits per heavy atom. The molecule has 0 aromatic carbocycles. The van der Waals surface area contributed by atoms with Crippen LogP contribution in [0.3, 0.4) is 0 Å². The van der Waals surface area contributed by atoms with Gasteiger partial charge in [-0.2, -0.15) is 0 Å². The lowest BCUT2D eigenvalue weighted by Gasteiger charge is -2.32. The number of rotatable bonds is 6. The quantitative estimate of drug-likeness (QED) is 0.456. The van der Waals surface area contributed by atoms with Gasteiger partial charge in [0.05, 0.1) is 0 Å². The number of ether oxygens (including phenoxy) is 2. The fourth-order valence-corrected chi connectivity index (χ4v) is 4.90. The minimum Gasteiger partial charge on any atom is -0.431 e. The molecule has 0 unspecified atom stereocenters. The van der Waals surface area contributed by atoms with Gasteiger partial charge in [-0.05, 0) is 63.2 Å². The summed E-state index contributed by atoms with van der Waals surface area (Å²) in [4.78, 5) is 61.5. The van der Waals surface area contributed by atoms with Crippen molar-refractivity contribution < 1.29 is 33.4 Å². The van der Waals surface area contributed by atoms with Crippen molar-refractivity contribution in [2.45, 2.75) is 63.6 Å². The van der Waals surface area contributed by atoms with Gasteiger partial charge < -0.3 is 9.47 Å². The van der Waals surface area contributed by atoms with Gasteiger partial charge in [0.2, 0.25) is 0 Å². The van der Waals surface area contributed by atoms with Gasteiger partial charge in [0.1, 0.15) is 12.2 Å². The van der Waals surface area contributed by atoms with Crippen LogP contribution in [0.4, 0.5) is 4.79 Å². The van der Waals surface area contributed by atoms with E-state index in [9.17, 15) is 24.0 Å². The molecule has 0 atom stereocenters. The van der Waals surface area contributed by atoms with E-state index in [0.717, 1.165) is 25.7 Å². The highest BCUT2D eigenvalue weighted by Gasteiger charge is 2.33. The Morgan fingerprint density at radius 2 is 0.938 bits per heavy atom. The summed E-state index contributed by atoms with van der Waals surface area (Å²) in [7, 11) is 0. The van der Waals surface area contributed by atoms with Crippen molar-refractivity contribution in [1.82, 2.24) is 9.80 Å². The van der Waals surface area contributed by atoms with Crippen molar-refractivity contribution in [2.24, 2.45) is 11.8 Å². The van der Waals surface area contributed by atoms with E-state index in [0.29, 0.717) is 38.8 Å². The van der Waals surface area contributed by atoms with Crippen molar-refractivity contribution in [1.29, 1.82) is 0 Å². The van der Waals surface area contributed by atoms with Crippen LogP contribution in [0.15, 0.2) is 24.3 Å².